The van der Waals surface area contributed by atoms with Gasteiger partial charge in [0, 0.05) is 16.7 Å². The highest BCUT2D eigenvalue weighted by Gasteiger charge is 2.02. The molecule has 78 valence electrons. The Labute approximate surface area is 97.8 Å². The van der Waals surface area contributed by atoms with Gasteiger partial charge in [-0.1, -0.05) is 11.6 Å². The van der Waals surface area contributed by atoms with Gasteiger partial charge in [0.25, 0.3) is 0 Å². The fourth-order valence-electron chi connectivity index (χ4n) is 0.993. The molecule has 0 N–H and O–H groups in total. The molecule has 0 saturated carbocycles. The second-order valence-corrected chi connectivity index (χ2v) is 4.75. The summed E-state index contributed by atoms with van der Waals surface area (Å²) >= 11 is 13.0. The van der Waals surface area contributed by atoms with Crippen LogP contribution in [0.15, 0.2) is 18.2 Å². The van der Waals surface area contributed by atoms with Crippen LogP contribution >= 0.6 is 35.0 Å². The van der Waals surface area contributed by atoms with Crippen LogP contribution in [-0.4, -0.2) is 11.6 Å². The van der Waals surface area contributed by atoms with E-state index in [-0.39, 0.29) is 5.82 Å². The van der Waals surface area contributed by atoms with E-state index >= 15 is 0 Å². The van der Waals surface area contributed by atoms with E-state index < -0.39 is 0 Å². The quantitative estimate of drug-likeness (QED) is 0.555. The lowest BCUT2D eigenvalue weighted by atomic mass is 10.2. The largest absolute Gasteiger partial charge is 0.207 e. The summed E-state index contributed by atoms with van der Waals surface area (Å²) < 4.78 is 13.2. The summed E-state index contributed by atoms with van der Waals surface area (Å²) in [6.45, 7) is 0. The Kier molecular flexibility index (Phi) is 5.68. The molecule has 0 nitrogen and oxygen atoms in total. The maximum Gasteiger partial charge on any atom is 0.127 e. The van der Waals surface area contributed by atoms with Crippen LogP contribution in [0.3, 0.4) is 0 Å². The average Bonchev–Trinajstić information content (AvgIpc) is 2.18. The van der Waals surface area contributed by atoms with E-state index in [4.69, 9.17) is 23.2 Å². The Morgan fingerprint density at radius 3 is 2.86 bits per heavy atom. The summed E-state index contributed by atoms with van der Waals surface area (Å²) in [4.78, 5) is 0. The van der Waals surface area contributed by atoms with Crippen molar-refractivity contribution in [2.24, 2.45) is 0 Å². The van der Waals surface area contributed by atoms with Gasteiger partial charge in [-0.15, -0.1) is 11.6 Å². The second-order valence-electron chi connectivity index (χ2n) is 2.83. The summed E-state index contributed by atoms with van der Waals surface area (Å²) in [5, 5.41) is 0.583. The Balaban J connectivity index is 2.45. The highest BCUT2D eigenvalue weighted by atomic mass is 35.5. The molecule has 0 spiro atoms. The van der Waals surface area contributed by atoms with Gasteiger partial charge in [-0.2, -0.15) is 11.8 Å². The molecule has 0 heterocycles. The molecule has 1 aromatic carbocycles. The molecule has 0 aliphatic rings. The van der Waals surface area contributed by atoms with Gasteiger partial charge in [-0.3, -0.25) is 0 Å². The third-order valence-electron chi connectivity index (χ3n) is 1.69. The molecule has 0 atom stereocenters. The van der Waals surface area contributed by atoms with Crippen molar-refractivity contribution in [1.29, 1.82) is 0 Å². The van der Waals surface area contributed by atoms with Gasteiger partial charge in [-0.05, 0) is 35.9 Å². The lowest BCUT2D eigenvalue weighted by molar-refractivity contribution is 0.617. The molecular weight excluding hydrogens is 242 g/mol. The predicted octanol–water partition coefficient (Wildman–Crippen LogP) is 4.34. The van der Waals surface area contributed by atoms with Gasteiger partial charge in [0.05, 0.1) is 0 Å². The van der Waals surface area contributed by atoms with Crippen molar-refractivity contribution >= 4 is 35.0 Å². The molecular formula is C10H11Cl2FS. The average molecular weight is 253 g/mol. The van der Waals surface area contributed by atoms with Gasteiger partial charge in [0.2, 0.25) is 0 Å². The van der Waals surface area contributed by atoms with Crippen LogP contribution in [0.5, 0.6) is 0 Å². The van der Waals surface area contributed by atoms with Gasteiger partial charge in [-0.25, -0.2) is 4.39 Å². The minimum absolute atomic E-state index is 0.187. The van der Waals surface area contributed by atoms with Gasteiger partial charge >= 0.3 is 0 Å². The Hall–Kier alpha value is 0.0800. The summed E-state index contributed by atoms with van der Waals surface area (Å²) in [6, 6.07) is 4.63. The van der Waals surface area contributed by atoms with Gasteiger partial charge < -0.3 is 0 Å². The first-order valence-corrected chi connectivity index (χ1v) is 6.38. The standard InChI is InChI=1S/C10H11Cl2FS/c11-4-1-5-14-7-8-6-9(12)2-3-10(8)13/h2-3,6H,1,4-5,7H2. The molecule has 0 aliphatic carbocycles. The number of rotatable bonds is 5. The van der Waals surface area contributed by atoms with E-state index in [0.29, 0.717) is 22.2 Å². The molecule has 1 rings (SSSR count). The zero-order valence-corrected chi connectivity index (χ0v) is 9.93. The van der Waals surface area contributed by atoms with Crippen LogP contribution in [0.1, 0.15) is 12.0 Å². The fourth-order valence-corrected chi connectivity index (χ4v) is 2.41. The lowest BCUT2D eigenvalue weighted by Crippen LogP contribution is -1.89. The molecule has 0 saturated heterocycles. The fraction of sp³-hybridized carbons (Fsp3) is 0.400. The molecule has 1 aromatic rings. The lowest BCUT2D eigenvalue weighted by Gasteiger charge is -2.03. The summed E-state index contributed by atoms with van der Waals surface area (Å²) in [5.74, 6) is 2.08. The first kappa shape index (κ1) is 12.2. The number of hydrogen-bond donors (Lipinski definition) is 0. The summed E-state index contributed by atoms with van der Waals surface area (Å²) in [7, 11) is 0. The van der Waals surface area contributed by atoms with E-state index in [2.05, 4.69) is 0 Å². The SMILES string of the molecule is Fc1ccc(Cl)cc1CSCCCCl. The monoisotopic (exact) mass is 252 g/mol. The predicted molar refractivity (Wildman–Crippen MR) is 62.9 cm³/mol. The van der Waals surface area contributed by atoms with Crippen LogP contribution in [0.4, 0.5) is 4.39 Å². The van der Waals surface area contributed by atoms with Crippen molar-refractivity contribution < 1.29 is 4.39 Å². The van der Waals surface area contributed by atoms with Crippen LogP contribution in [-0.2, 0) is 5.75 Å². The number of benzene rings is 1. The minimum Gasteiger partial charge on any atom is -0.207 e. The van der Waals surface area contributed by atoms with Crippen molar-refractivity contribution in [2.45, 2.75) is 12.2 Å². The maximum atomic E-state index is 13.2. The first-order chi connectivity index (χ1) is 6.74. The molecule has 0 aliphatic heterocycles. The zero-order valence-electron chi connectivity index (χ0n) is 7.60. The minimum atomic E-state index is -0.187. The van der Waals surface area contributed by atoms with E-state index in [1.165, 1.54) is 6.07 Å². The van der Waals surface area contributed by atoms with E-state index in [1.54, 1.807) is 23.9 Å². The molecule has 4 heteroatoms. The number of thioether (sulfide) groups is 1. The van der Waals surface area contributed by atoms with E-state index in [0.717, 1.165) is 12.2 Å². The topological polar surface area (TPSA) is 0 Å². The highest BCUT2D eigenvalue weighted by Crippen LogP contribution is 2.20. The molecule has 0 aromatic heterocycles. The summed E-state index contributed by atoms with van der Waals surface area (Å²) in [5.41, 5.74) is 0.664. The molecule has 0 bridgehead atoms. The van der Waals surface area contributed by atoms with Crippen molar-refractivity contribution in [3.8, 4) is 0 Å². The van der Waals surface area contributed by atoms with Crippen LogP contribution in [0.25, 0.3) is 0 Å². The van der Waals surface area contributed by atoms with Gasteiger partial charge in [0.15, 0.2) is 0 Å². The Morgan fingerprint density at radius 2 is 2.14 bits per heavy atom. The van der Waals surface area contributed by atoms with E-state index in [1.807, 2.05) is 0 Å². The molecule has 0 fully saturated rings. The maximum absolute atomic E-state index is 13.2. The van der Waals surface area contributed by atoms with E-state index in [9.17, 15) is 4.39 Å². The second kappa shape index (κ2) is 6.54. The van der Waals surface area contributed by atoms with Crippen molar-refractivity contribution in [2.75, 3.05) is 11.6 Å². The third-order valence-corrected chi connectivity index (χ3v) is 3.28. The van der Waals surface area contributed by atoms with Crippen molar-refractivity contribution in [1.82, 2.24) is 0 Å². The number of hydrogen-bond acceptors (Lipinski definition) is 1. The first-order valence-electron chi connectivity index (χ1n) is 4.31. The zero-order chi connectivity index (χ0) is 10.4. The highest BCUT2D eigenvalue weighted by molar-refractivity contribution is 7.98. The third kappa shape index (κ3) is 4.07. The molecule has 0 radical (unpaired) electrons. The van der Waals surface area contributed by atoms with Crippen LogP contribution in [0, 0.1) is 5.82 Å². The van der Waals surface area contributed by atoms with Crippen LogP contribution < -0.4 is 0 Å². The number of alkyl halides is 1. The normalized spacial score (nSPS) is 10.5. The van der Waals surface area contributed by atoms with Gasteiger partial charge in [0.1, 0.15) is 5.82 Å². The van der Waals surface area contributed by atoms with Crippen molar-refractivity contribution in [3.63, 3.8) is 0 Å². The Bertz CT molecular complexity index is 291. The Morgan fingerprint density at radius 1 is 1.36 bits per heavy atom. The van der Waals surface area contributed by atoms with Crippen LogP contribution in [0.2, 0.25) is 5.02 Å². The smallest absolute Gasteiger partial charge is 0.127 e. The number of halogens is 3. The summed E-state index contributed by atoms with van der Waals surface area (Å²) in [6.07, 6.45) is 0.953. The molecule has 14 heavy (non-hydrogen) atoms. The molecule has 0 amide bonds. The molecule has 0 unspecified atom stereocenters. The van der Waals surface area contributed by atoms with Crippen molar-refractivity contribution in [3.05, 3.63) is 34.6 Å².